The Hall–Kier alpha value is -4.71. The Labute approximate surface area is 286 Å². The molecule has 0 radical (unpaired) electrons. The maximum absolute atomic E-state index is 13.6. The minimum absolute atomic E-state index is 0.0356. The number of rotatable bonds is 12. The topological polar surface area (TPSA) is 152 Å². The Morgan fingerprint density at radius 2 is 1.90 bits per heavy atom. The van der Waals surface area contributed by atoms with Gasteiger partial charge in [0, 0.05) is 54.3 Å². The maximum atomic E-state index is 13.6. The second-order valence-electron chi connectivity index (χ2n) is 14.0. The summed E-state index contributed by atoms with van der Waals surface area (Å²) in [6.07, 6.45) is 6.89. The van der Waals surface area contributed by atoms with Crippen LogP contribution in [0.5, 0.6) is 0 Å². The molecule has 3 amide bonds. The van der Waals surface area contributed by atoms with Crippen LogP contribution in [0.2, 0.25) is 0 Å². The fraction of sp³-hybridized carbons (Fsp3) is 0.486. The van der Waals surface area contributed by atoms with E-state index in [0.717, 1.165) is 31.4 Å². The van der Waals surface area contributed by atoms with Crippen molar-refractivity contribution in [3.63, 3.8) is 0 Å². The van der Waals surface area contributed by atoms with E-state index in [0.29, 0.717) is 23.0 Å². The molecule has 5 unspecified atom stereocenters. The third-order valence-electron chi connectivity index (χ3n) is 9.93. The lowest BCUT2D eigenvalue weighted by Crippen LogP contribution is -2.58. The van der Waals surface area contributed by atoms with Crippen LogP contribution in [0.1, 0.15) is 62.6 Å². The van der Waals surface area contributed by atoms with Gasteiger partial charge < -0.3 is 34.6 Å². The summed E-state index contributed by atoms with van der Waals surface area (Å²) >= 11 is 0. The van der Waals surface area contributed by atoms with E-state index in [9.17, 15) is 24.0 Å². The van der Waals surface area contributed by atoms with Gasteiger partial charge in [0.2, 0.25) is 11.8 Å². The average molecular weight is 674 g/mol. The van der Waals surface area contributed by atoms with Crippen LogP contribution < -0.4 is 21.5 Å². The Morgan fingerprint density at radius 3 is 2.63 bits per heavy atom. The Balaban J connectivity index is 1.26. The van der Waals surface area contributed by atoms with Gasteiger partial charge in [0.15, 0.2) is 5.76 Å². The molecule has 2 bridgehead atoms. The van der Waals surface area contributed by atoms with Gasteiger partial charge in [-0.3, -0.25) is 19.2 Å². The largest absolute Gasteiger partial charge is 0.466 e. The molecular weight excluding hydrogens is 626 g/mol. The number of hydrogen-bond donors (Lipinski definition) is 3. The molecule has 2 saturated heterocycles. The molecule has 2 fully saturated rings. The minimum atomic E-state index is -1.09. The van der Waals surface area contributed by atoms with Crippen molar-refractivity contribution in [2.45, 2.75) is 72.0 Å². The van der Waals surface area contributed by atoms with Crippen molar-refractivity contribution in [2.24, 2.45) is 17.3 Å². The number of nitrogens with one attached hydrogen (secondary N) is 3. The summed E-state index contributed by atoms with van der Waals surface area (Å²) in [5.41, 5.74) is 0.501. The van der Waals surface area contributed by atoms with E-state index in [4.69, 9.17) is 4.42 Å². The van der Waals surface area contributed by atoms with Crippen molar-refractivity contribution in [1.82, 2.24) is 20.1 Å². The number of nitrogens with zero attached hydrogens (tertiary/aromatic N) is 2. The summed E-state index contributed by atoms with van der Waals surface area (Å²) in [5.74, 6) is -0.696. The lowest BCUT2D eigenvalue weighted by Gasteiger charge is -2.51. The van der Waals surface area contributed by atoms with E-state index in [1.165, 1.54) is 42.5 Å². The van der Waals surface area contributed by atoms with Gasteiger partial charge in [-0.25, -0.2) is 4.79 Å². The second-order valence-corrected chi connectivity index (χ2v) is 14.0. The molecule has 3 aromatic rings. The Bertz CT molecular complexity index is 1770. The second kappa shape index (κ2) is 15.2. The number of aromatic nitrogens is 1. The van der Waals surface area contributed by atoms with Gasteiger partial charge in [0.05, 0.1) is 7.11 Å². The number of esters is 1. The number of furan rings is 1. The third-order valence-corrected chi connectivity index (χ3v) is 9.93. The lowest BCUT2D eigenvalue weighted by molar-refractivity contribution is -0.134. The molecule has 0 saturated carbocycles. The predicted molar refractivity (Wildman–Crippen MR) is 186 cm³/mol. The zero-order valence-corrected chi connectivity index (χ0v) is 28.9. The molecule has 2 aliphatic rings. The zero-order valence-electron chi connectivity index (χ0n) is 28.9. The molecule has 0 spiro atoms. The van der Waals surface area contributed by atoms with Crippen LogP contribution >= 0.6 is 0 Å². The molecule has 3 N–H and O–H groups in total. The van der Waals surface area contributed by atoms with Crippen molar-refractivity contribution >= 4 is 40.3 Å². The SMILES string of the molecule is COC(=O)/C=C/CC[C@H](NC(=O)c1oc2ccccc2c1C)C(=O)Nc1cccn(CC(=O)NC(C)C2(C)CC3CC(C)CN(C3)C2)c1=O. The van der Waals surface area contributed by atoms with Gasteiger partial charge in [-0.1, -0.05) is 38.1 Å². The number of amides is 3. The number of hydrogen-bond acceptors (Lipinski definition) is 8. The number of benzene rings is 1. The van der Waals surface area contributed by atoms with E-state index in [-0.39, 0.29) is 48.2 Å². The quantitative estimate of drug-likeness (QED) is 0.193. The summed E-state index contributed by atoms with van der Waals surface area (Å²) in [4.78, 5) is 67.6. The van der Waals surface area contributed by atoms with Crippen LogP contribution in [0.4, 0.5) is 5.69 Å². The van der Waals surface area contributed by atoms with E-state index in [1.54, 1.807) is 25.1 Å². The summed E-state index contributed by atoms with van der Waals surface area (Å²) in [5, 5.41) is 9.27. The van der Waals surface area contributed by atoms with Crippen LogP contribution in [0.15, 0.2) is 64.0 Å². The number of anilines is 1. The van der Waals surface area contributed by atoms with E-state index in [1.807, 2.05) is 19.1 Å². The molecule has 2 aromatic heterocycles. The number of ether oxygens (including phenoxy) is 1. The van der Waals surface area contributed by atoms with Crippen molar-refractivity contribution < 1.29 is 28.3 Å². The monoisotopic (exact) mass is 673 g/mol. The van der Waals surface area contributed by atoms with Crippen molar-refractivity contribution in [1.29, 1.82) is 0 Å². The lowest BCUT2D eigenvalue weighted by atomic mass is 9.68. The first-order valence-corrected chi connectivity index (χ1v) is 16.9. The molecule has 1 aromatic carbocycles. The molecule has 49 heavy (non-hydrogen) atoms. The normalized spacial score (nSPS) is 23.1. The first kappa shape index (κ1) is 35.6. The van der Waals surface area contributed by atoms with E-state index >= 15 is 0 Å². The van der Waals surface area contributed by atoms with Gasteiger partial charge in [0.25, 0.3) is 11.5 Å². The van der Waals surface area contributed by atoms with Gasteiger partial charge in [-0.2, -0.15) is 0 Å². The van der Waals surface area contributed by atoms with Gasteiger partial charge in [0.1, 0.15) is 23.9 Å². The highest BCUT2D eigenvalue weighted by Crippen LogP contribution is 2.41. The first-order valence-electron chi connectivity index (χ1n) is 16.9. The number of carbonyl (C=O) groups excluding carboxylic acids is 4. The van der Waals surface area contributed by atoms with E-state index < -0.39 is 29.4 Å². The number of para-hydroxylation sites is 1. The fourth-order valence-electron chi connectivity index (χ4n) is 7.41. The third kappa shape index (κ3) is 8.48. The van der Waals surface area contributed by atoms with Crippen LogP contribution in [0.3, 0.4) is 0 Å². The molecule has 0 aliphatic carbocycles. The first-order chi connectivity index (χ1) is 23.4. The summed E-state index contributed by atoms with van der Waals surface area (Å²) < 4.78 is 11.7. The number of methoxy groups -OCH3 is 1. The van der Waals surface area contributed by atoms with Gasteiger partial charge >= 0.3 is 5.97 Å². The molecule has 5 rings (SSSR count). The fourth-order valence-corrected chi connectivity index (χ4v) is 7.41. The number of aryl methyl sites for hydroxylation is 1. The average Bonchev–Trinajstić information content (AvgIpc) is 3.39. The van der Waals surface area contributed by atoms with Crippen molar-refractivity contribution in [2.75, 3.05) is 32.1 Å². The smallest absolute Gasteiger partial charge is 0.330 e. The Morgan fingerprint density at radius 1 is 1.12 bits per heavy atom. The highest BCUT2D eigenvalue weighted by molar-refractivity contribution is 6.03. The van der Waals surface area contributed by atoms with Crippen molar-refractivity contribution in [3.8, 4) is 0 Å². The number of piperidine rings is 2. The summed E-state index contributed by atoms with van der Waals surface area (Å²) in [6.45, 7) is 11.2. The number of carbonyl (C=O) groups is 4. The zero-order chi connectivity index (χ0) is 35.3. The molecule has 12 heteroatoms. The number of allylic oxidation sites excluding steroid dienone is 1. The van der Waals surface area contributed by atoms with Gasteiger partial charge in [-0.15, -0.1) is 0 Å². The van der Waals surface area contributed by atoms with Gasteiger partial charge in [-0.05, 0) is 69.6 Å². The molecule has 12 nitrogen and oxygen atoms in total. The highest BCUT2D eigenvalue weighted by atomic mass is 16.5. The molecule has 2 aliphatic heterocycles. The maximum Gasteiger partial charge on any atom is 0.330 e. The Kier molecular flexibility index (Phi) is 11.1. The van der Waals surface area contributed by atoms with Crippen molar-refractivity contribution in [3.05, 3.63) is 76.4 Å². The highest BCUT2D eigenvalue weighted by Gasteiger charge is 2.43. The molecule has 262 valence electrons. The summed E-state index contributed by atoms with van der Waals surface area (Å²) in [6, 6.07) is 9.08. The molecule has 4 heterocycles. The van der Waals surface area contributed by atoms with Crippen LogP contribution in [0.25, 0.3) is 11.0 Å². The minimum Gasteiger partial charge on any atom is -0.466 e. The molecule has 6 atom stereocenters. The standard InChI is InChI=1S/C37H47N5O7/c1-23-17-26-18-37(4,22-41(19-23)20-26)25(3)38-31(43)21-42-16-10-13-29(36(42)47)40-34(45)28(12-7-9-15-32(44)48-5)39-35(46)33-24(2)27-11-6-8-14-30(27)49-33/h6,8-11,13-16,23,25-26,28H,7,12,17-22H2,1-5H3,(H,38,43)(H,39,46)(H,40,45)/b15-9+/t23?,25?,26?,28-,37?/m0/s1. The van der Waals surface area contributed by atoms with E-state index in [2.05, 4.69) is 39.4 Å². The van der Waals surface area contributed by atoms with Crippen LogP contribution in [-0.2, 0) is 25.7 Å². The number of pyridine rings is 1. The molecular formula is C37H47N5O7. The predicted octanol–water partition coefficient (Wildman–Crippen LogP) is 4.02. The number of fused-ring (bicyclic) bond motifs is 3. The summed E-state index contributed by atoms with van der Waals surface area (Å²) in [7, 11) is 1.26. The van der Waals surface area contributed by atoms with Crippen LogP contribution in [-0.4, -0.2) is 72.0 Å². The van der Waals surface area contributed by atoms with Crippen LogP contribution in [0, 0.1) is 24.2 Å².